The fourth-order valence-corrected chi connectivity index (χ4v) is 4.14. The fourth-order valence-electron chi connectivity index (χ4n) is 4.14. The molecule has 2 aromatic carbocycles. The molecular formula is C26H35N3O5. The molecule has 2 aromatic rings. The molecule has 0 unspecified atom stereocenters. The standard InChI is InChI=1S/C26H35N3O5/c1-17-13-29(18(2)16-30)25(31)22-12-21(27(3)4)10-11-23(22)34-24(17)15-28(5)14-19-6-8-20(9-7-19)26(32)33/h6-12,17-18,24,30H,13-16H2,1-5H3,(H,32,33)/t17-,18-,24-/m0/s1. The molecule has 0 saturated carbocycles. The van der Waals surface area contributed by atoms with Crippen LogP contribution >= 0.6 is 0 Å². The molecule has 0 aromatic heterocycles. The minimum Gasteiger partial charge on any atom is -0.488 e. The average Bonchev–Trinajstić information content (AvgIpc) is 2.80. The van der Waals surface area contributed by atoms with E-state index in [-0.39, 0.29) is 36.1 Å². The van der Waals surface area contributed by atoms with Crippen LogP contribution in [0.2, 0.25) is 0 Å². The summed E-state index contributed by atoms with van der Waals surface area (Å²) in [7, 11) is 5.84. The molecule has 0 fully saturated rings. The van der Waals surface area contributed by atoms with Gasteiger partial charge in [-0.3, -0.25) is 9.69 Å². The molecule has 0 aliphatic carbocycles. The van der Waals surface area contributed by atoms with E-state index in [0.717, 1.165) is 11.3 Å². The van der Waals surface area contributed by atoms with Gasteiger partial charge in [-0.05, 0) is 49.9 Å². The zero-order chi connectivity index (χ0) is 25.0. The second-order valence-corrected chi connectivity index (χ2v) is 9.40. The first-order valence-corrected chi connectivity index (χ1v) is 11.5. The van der Waals surface area contributed by atoms with E-state index in [1.807, 2.05) is 63.3 Å². The van der Waals surface area contributed by atoms with Gasteiger partial charge < -0.3 is 24.7 Å². The van der Waals surface area contributed by atoms with E-state index in [2.05, 4.69) is 11.8 Å². The molecule has 3 atom stereocenters. The number of benzene rings is 2. The van der Waals surface area contributed by atoms with Crippen LogP contribution in [0.3, 0.4) is 0 Å². The van der Waals surface area contributed by atoms with E-state index in [4.69, 9.17) is 9.84 Å². The van der Waals surface area contributed by atoms with Gasteiger partial charge in [0, 0.05) is 45.3 Å². The van der Waals surface area contributed by atoms with Gasteiger partial charge in [0.25, 0.3) is 5.91 Å². The first-order valence-electron chi connectivity index (χ1n) is 11.5. The summed E-state index contributed by atoms with van der Waals surface area (Å²) in [5.74, 6) is -0.515. The third kappa shape index (κ3) is 5.87. The van der Waals surface area contributed by atoms with Gasteiger partial charge in [-0.2, -0.15) is 0 Å². The number of nitrogens with zero attached hydrogens (tertiary/aromatic N) is 3. The Morgan fingerprint density at radius 2 is 1.85 bits per heavy atom. The molecule has 3 rings (SSSR count). The minimum absolute atomic E-state index is 0.0245. The lowest BCUT2D eigenvalue weighted by molar-refractivity contribution is 0.0341. The number of carbonyl (C=O) groups is 2. The Kier molecular flexibility index (Phi) is 8.17. The van der Waals surface area contributed by atoms with Gasteiger partial charge in [-0.25, -0.2) is 4.79 Å². The van der Waals surface area contributed by atoms with Crippen LogP contribution in [0.1, 0.15) is 40.1 Å². The Hall–Kier alpha value is -3.10. The van der Waals surface area contributed by atoms with Crippen molar-refractivity contribution in [1.82, 2.24) is 9.80 Å². The molecule has 1 aliphatic rings. The van der Waals surface area contributed by atoms with Crippen LogP contribution in [-0.2, 0) is 6.54 Å². The summed E-state index contributed by atoms with van der Waals surface area (Å²) in [6.07, 6.45) is -0.186. The first-order chi connectivity index (χ1) is 16.1. The lowest BCUT2D eigenvalue weighted by Gasteiger charge is -2.38. The predicted octanol–water partition coefficient (Wildman–Crippen LogP) is 2.80. The molecule has 1 amide bonds. The van der Waals surface area contributed by atoms with Gasteiger partial charge in [0.1, 0.15) is 11.9 Å². The maximum Gasteiger partial charge on any atom is 0.335 e. The summed E-state index contributed by atoms with van der Waals surface area (Å²) >= 11 is 0. The number of fused-ring (bicyclic) bond motifs is 1. The van der Waals surface area contributed by atoms with Crippen molar-refractivity contribution in [2.45, 2.75) is 32.5 Å². The number of hydrogen-bond acceptors (Lipinski definition) is 6. The molecule has 8 nitrogen and oxygen atoms in total. The van der Waals surface area contributed by atoms with Crippen LogP contribution in [0.5, 0.6) is 5.75 Å². The van der Waals surface area contributed by atoms with Crippen molar-refractivity contribution < 1.29 is 24.5 Å². The third-order valence-corrected chi connectivity index (χ3v) is 6.31. The van der Waals surface area contributed by atoms with Crippen molar-refractivity contribution >= 4 is 17.6 Å². The van der Waals surface area contributed by atoms with Crippen molar-refractivity contribution in [3.05, 3.63) is 59.2 Å². The summed E-state index contributed by atoms with van der Waals surface area (Å²) in [5.41, 5.74) is 2.67. The van der Waals surface area contributed by atoms with E-state index in [1.165, 1.54) is 0 Å². The first kappa shape index (κ1) is 25.5. The van der Waals surface area contributed by atoms with Gasteiger partial charge in [-0.1, -0.05) is 19.1 Å². The summed E-state index contributed by atoms with van der Waals surface area (Å²) < 4.78 is 6.43. The summed E-state index contributed by atoms with van der Waals surface area (Å²) in [6, 6.07) is 12.2. The number of aromatic carboxylic acids is 1. The van der Waals surface area contributed by atoms with Crippen LogP contribution in [-0.4, -0.2) is 84.9 Å². The van der Waals surface area contributed by atoms with Gasteiger partial charge in [-0.15, -0.1) is 0 Å². The molecule has 0 saturated heterocycles. The number of rotatable bonds is 8. The molecular weight excluding hydrogens is 434 g/mol. The number of aliphatic hydroxyl groups is 1. The Bertz CT molecular complexity index is 1010. The lowest BCUT2D eigenvalue weighted by Crippen LogP contribution is -2.49. The molecule has 2 N–H and O–H groups in total. The smallest absolute Gasteiger partial charge is 0.335 e. The summed E-state index contributed by atoms with van der Waals surface area (Å²) in [4.78, 5) is 30.3. The largest absolute Gasteiger partial charge is 0.488 e. The van der Waals surface area contributed by atoms with Crippen LogP contribution in [0.4, 0.5) is 5.69 Å². The molecule has 0 radical (unpaired) electrons. The van der Waals surface area contributed by atoms with Gasteiger partial charge >= 0.3 is 5.97 Å². The SMILES string of the molecule is C[C@H]1CN([C@@H](C)CO)C(=O)c2cc(N(C)C)ccc2O[C@H]1CN(C)Cc1ccc(C(=O)O)cc1. The van der Waals surface area contributed by atoms with E-state index >= 15 is 0 Å². The van der Waals surface area contributed by atoms with Crippen molar-refractivity contribution in [3.8, 4) is 5.75 Å². The monoisotopic (exact) mass is 469 g/mol. The molecule has 8 heteroatoms. The number of likely N-dealkylation sites (N-methyl/N-ethyl adjacent to an activating group) is 1. The van der Waals surface area contributed by atoms with Crippen molar-refractivity contribution in [2.75, 3.05) is 45.7 Å². The second kappa shape index (κ2) is 10.9. The number of carboxylic acid groups (broad SMARTS) is 1. The second-order valence-electron chi connectivity index (χ2n) is 9.40. The Morgan fingerprint density at radius 1 is 1.18 bits per heavy atom. The Balaban J connectivity index is 1.85. The normalized spacial score (nSPS) is 19.1. The molecule has 184 valence electrons. The minimum atomic E-state index is -0.941. The molecule has 0 spiro atoms. The number of amides is 1. The highest BCUT2D eigenvalue weighted by molar-refractivity contribution is 5.98. The van der Waals surface area contributed by atoms with E-state index in [0.29, 0.717) is 30.9 Å². The average molecular weight is 470 g/mol. The van der Waals surface area contributed by atoms with Crippen LogP contribution < -0.4 is 9.64 Å². The lowest BCUT2D eigenvalue weighted by atomic mass is 9.99. The van der Waals surface area contributed by atoms with Crippen LogP contribution in [0, 0.1) is 5.92 Å². The van der Waals surface area contributed by atoms with Crippen molar-refractivity contribution in [2.24, 2.45) is 5.92 Å². The maximum atomic E-state index is 13.4. The highest BCUT2D eigenvalue weighted by atomic mass is 16.5. The Morgan fingerprint density at radius 3 is 2.44 bits per heavy atom. The topological polar surface area (TPSA) is 93.6 Å². The molecule has 1 heterocycles. The number of ether oxygens (including phenoxy) is 1. The zero-order valence-electron chi connectivity index (χ0n) is 20.6. The quantitative estimate of drug-likeness (QED) is 0.614. The molecule has 1 aliphatic heterocycles. The number of hydrogen-bond donors (Lipinski definition) is 2. The zero-order valence-corrected chi connectivity index (χ0v) is 20.6. The van der Waals surface area contributed by atoms with E-state index in [1.54, 1.807) is 17.0 Å². The van der Waals surface area contributed by atoms with Crippen LogP contribution in [0.15, 0.2) is 42.5 Å². The third-order valence-electron chi connectivity index (χ3n) is 6.31. The number of aliphatic hydroxyl groups excluding tert-OH is 1. The summed E-state index contributed by atoms with van der Waals surface area (Å²) in [6.45, 7) is 5.52. The highest BCUT2D eigenvalue weighted by Crippen LogP contribution is 2.31. The van der Waals surface area contributed by atoms with Gasteiger partial charge in [0.05, 0.1) is 23.8 Å². The number of carboxylic acids is 1. The molecule has 0 bridgehead atoms. The van der Waals surface area contributed by atoms with Gasteiger partial charge in [0.2, 0.25) is 0 Å². The van der Waals surface area contributed by atoms with Crippen LogP contribution in [0.25, 0.3) is 0 Å². The van der Waals surface area contributed by atoms with Crippen molar-refractivity contribution in [1.29, 1.82) is 0 Å². The Labute approximate surface area is 201 Å². The van der Waals surface area contributed by atoms with Gasteiger partial charge in [0.15, 0.2) is 0 Å². The summed E-state index contributed by atoms with van der Waals surface area (Å²) in [5, 5.41) is 18.9. The fraction of sp³-hybridized carbons (Fsp3) is 0.462. The number of carbonyl (C=O) groups excluding carboxylic acids is 1. The number of anilines is 1. The van der Waals surface area contributed by atoms with E-state index < -0.39 is 5.97 Å². The van der Waals surface area contributed by atoms with E-state index in [9.17, 15) is 14.7 Å². The maximum absolute atomic E-state index is 13.4. The predicted molar refractivity (Wildman–Crippen MR) is 132 cm³/mol. The van der Waals surface area contributed by atoms with Crippen molar-refractivity contribution in [3.63, 3.8) is 0 Å². The molecule has 34 heavy (non-hydrogen) atoms. The highest BCUT2D eigenvalue weighted by Gasteiger charge is 2.33.